The van der Waals surface area contributed by atoms with Gasteiger partial charge in [-0.25, -0.2) is 4.79 Å². The first-order chi connectivity index (χ1) is 15.3. The van der Waals surface area contributed by atoms with E-state index < -0.39 is 0 Å². The fourth-order valence-electron chi connectivity index (χ4n) is 3.85. The van der Waals surface area contributed by atoms with Gasteiger partial charge < -0.3 is 20.5 Å². The van der Waals surface area contributed by atoms with E-state index in [9.17, 15) is 9.59 Å². The van der Waals surface area contributed by atoms with E-state index >= 15 is 0 Å². The molecular formula is C25H32ClN3O4. The van der Waals surface area contributed by atoms with Crippen molar-refractivity contribution in [3.63, 3.8) is 0 Å². The Kier molecular flexibility index (Phi) is 9.73. The van der Waals surface area contributed by atoms with Crippen LogP contribution < -0.4 is 15.8 Å². The average molecular weight is 474 g/mol. The van der Waals surface area contributed by atoms with Crippen LogP contribution in [0.5, 0.6) is 5.75 Å². The van der Waals surface area contributed by atoms with E-state index in [1.165, 1.54) is 0 Å². The molecule has 1 saturated carbocycles. The number of ether oxygens (including phenoxy) is 2. The van der Waals surface area contributed by atoms with E-state index in [0.717, 1.165) is 36.8 Å². The Morgan fingerprint density at radius 3 is 2.06 bits per heavy atom. The topological polar surface area (TPSA) is 114 Å². The van der Waals surface area contributed by atoms with Crippen molar-refractivity contribution in [1.82, 2.24) is 5.32 Å². The standard InChI is InChI=1S/C25H31N3O4.ClH/c1-16(2)31-23(29)21-9-7-18(8-10-21)19-11-13-22(14-12-19)32-24(30)20-5-3-17(4-6-20)15-28-25(26)27;/h7-14,16-17,20H,3-6,15H2,1-2H3,(H4,26,27,28);1H/t17-,20-;. The molecule has 1 fully saturated rings. The predicted octanol–water partition coefficient (Wildman–Crippen LogP) is 4.54. The van der Waals surface area contributed by atoms with Crippen LogP contribution in [0, 0.1) is 17.2 Å². The number of guanidine groups is 1. The van der Waals surface area contributed by atoms with Crippen LogP contribution in [0.3, 0.4) is 0 Å². The van der Waals surface area contributed by atoms with Crippen LogP contribution in [0.2, 0.25) is 0 Å². The van der Waals surface area contributed by atoms with Gasteiger partial charge in [0.2, 0.25) is 0 Å². The molecule has 33 heavy (non-hydrogen) atoms. The van der Waals surface area contributed by atoms with Gasteiger partial charge in [-0.05, 0) is 80.8 Å². The third-order valence-corrected chi connectivity index (χ3v) is 5.63. The van der Waals surface area contributed by atoms with Crippen LogP contribution in [0.25, 0.3) is 11.1 Å². The minimum Gasteiger partial charge on any atom is -0.459 e. The van der Waals surface area contributed by atoms with Crippen molar-refractivity contribution in [2.75, 3.05) is 6.54 Å². The van der Waals surface area contributed by atoms with E-state index in [-0.39, 0.29) is 42.3 Å². The van der Waals surface area contributed by atoms with Gasteiger partial charge in [-0.1, -0.05) is 24.3 Å². The molecule has 0 aliphatic heterocycles. The van der Waals surface area contributed by atoms with Crippen LogP contribution in [0.1, 0.15) is 49.9 Å². The summed E-state index contributed by atoms with van der Waals surface area (Å²) >= 11 is 0. The number of carbonyl (C=O) groups is 2. The second-order valence-corrected chi connectivity index (χ2v) is 8.49. The SMILES string of the molecule is CC(C)OC(=O)c1ccc(-c2ccc(OC(=O)[C@H]3CC[C@H](CNC(=N)N)CC3)cc2)cc1.Cl. The molecular weight excluding hydrogens is 442 g/mol. The van der Waals surface area contributed by atoms with Gasteiger partial charge in [0.1, 0.15) is 5.75 Å². The van der Waals surface area contributed by atoms with Crippen molar-refractivity contribution >= 4 is 30.3 Å². The Bertz CT molecular complexity index is 937. The second-order valence-electron chi connectivity index (χ2n) is 8.49. The fraction of sp³-hybridized carbons (Fsp3) is 0.400. The lowest BCUT2D eigenvalue weighted by atomic mass is 9.82. The van der Waals surface area contributed by atoms with E-state index in [2.05, 4.69) is 5.32 Å². The number of benzene rings is 2. The summed E-state index contributed by atoms with van der Waals surface area (Å²) in [5, 5.41) is 10.1. The van der Waals surface area contributed by atoms with E-state index in [1.54, 1.807) is 24.3 Å². The summed E-state index contributed by atoms with van der Waals surface area (Å²) < 4.78 is 10.8. The maximum atomic E-state index is 12.5. The number of nitrogens with one attached hydrogen (secondary N) is 2. The van der Waals surface area contributed by atoms with Gasteiger partial charge in [0.15, 0.2) is 5.96 Å². The summed E-state index contributed by atoms with van der Waals surface area (Å²) in [7, 11) is 0. The lowest BCUT2D eigenvalue weighted by molar-refractivity contribution is -0.140. The Balaban J connectivity index is 0.00000385. The molecule has 0 atom stereocenters. The highest BCUT2D eigenvalue weighted by Gasteiger charge is 2.27. The molecule has 1 aliphatic rings. The number of halogens is 1. The third-order valence-electron chi connectivity index (χ3n) is 5.63. The quantitative estimate of drug-likeness (QED) is 0.235. The summed E-state index contributed by atoms with van der Waals surface area (Å²) in [6.07, 6.45) is 3.25. The molecule has 1 aliphatic carbocycles. The summed E-state index contributed by atoms with van der Waals surface area (Å²) in [6.45, 7) is 4.32. The normalized spacial score (nSPS) is 17.5. The minimum absolute atomic E-state index is 0. The Labute approximate surface area is 201 Å². The molecule has 2 aromatic carbocycles. The Morgan fingerprint density at radius 2 is 1.55 bits per heavy atom. The number of rotatable bonds is 7. The van der Waals surface area contributed by atoms with Gasteiger partial charge in [-0.15, -0.1) is 12.4 Å². The molecule has 0 amide bonds. The van der Waals surface area contributed by atoms with Crippen molar-refractivity contribution in [2.45, 2.75) is 45.6 Å². The first-order valence-corrected chi connectivity index (χ1v) is 11.0. The van der Waals surface area contributed by atoms with Crippen LogP contribution in [-0.4, -0.2) is 30.5 Å². The van der Waals surface area contributed by atoms with Crippen molar-refractivity contribution in [2.24, 2.45) is 17.6 Å². The smallest absolute Gasteiger partial charge is 0.338 e. The molecule has 0 saturated heterocycles. The first kappa shape index (κ1) is 26.2. The molecule has 0 bridgehead atoms. The lowest BCUT2D eigenvalue weighted by Crippen LogP contribution is -2.36. The van der Waals surface area contributed by atoms with Crippen LogP contribution in [0.4, 0.5) is 0 Å². The number of hydrogen-bond donors (Lipinski definition) is 3. The predicted molar refractivity (Wildman–Crippen MR) is 131 cm³/mol. The Morgan fingerprint density at radius 1 is 1.00 bits per heavy atom. The van der Waals surface area contributed by atoms with Crippen molar-refractivity contribution in [3.05, 3.63) is 54.1 Å². The molecule has 0 unspecified atom stereocenters. The van der Waals surface area contributed by atoms with Gasteiger partial charge in [-0.3, -0.25) is 10.2 Å². The van der Waals surface area contributed by atoms with Gasteiger partial charge in [0, 0.05) is 6.54 Å². The summed E-state index contributed by atoms with van der Waals surface area (Å²) in [6, 6.07) is 14.6. The molecule has 2 aromatic rings. The molecule has 0 heterocycles. The summed E-state index contributed by atoms with van der Waals surface area (Å²) in [5.41, 5.74) is 7.77. The van der Waals surface area contributed by atoms with Crippen LogP contribution >= 0.6 is 12.4 Å². The van der Waals surface area contributed by atoms with Gasteiger partial charge in [0.25, 0.3) is 0 Å². The van der Waals surface area contributed by atoms with Gasteiger partial charge >= 0.3 is 11.9 Å². The monoisotopic (exact) mass is 473 g/mol. The zero-order valence-corrected chi connectivity index (χ0v) is 19.8. The van der Waals surface area contributed by atoms with Crippen molar-refractivity contribution < 1.29 is 19.1 Å². The molecule has 7 nitrogen and oxygen atoms in total. The summed E-state index contributed by atoms with van der Waals surface area (Å²) in [5.74, 6) is 0.319. The number of carbonyl (C=O) groups excluding carboxylic acids is 2. The zero-order chi connectivity index (χ0) is 23.1. The number of hydrogen-bond acceptors (Lipinski definition) is 5. The number of nitrogens with two attached hydrogens (primary N) is 1. The highest BCUT2D eigenvalue weighted by Crippen LogP contribution is 2.30. The first-order valence-electron chi connectivity index (χ1n) is 11.0. The molecule has 3 rings (SSSR count). The number of esters is 2. The minimum atomic E-state index is -0.335. The molecule has 0 spiro atoms. The third kappa shape index (κ3) is 7.79. The average Bonchev–Trinajstić information content (AvgIpc) is 2.78. The highest BCUT2D eigenvalue weighted by atomic mass is 35.5. The van der Waals surface area contributed by atoms with E-state index in [4.69, 9.17) is 20.6 Å². The lowest BCUT2D eigenvalue weighted by Gasteiger charge is -2.27. The summed E-state index contributed by atoms with van der Waals surface area (Å²) in [4.78, 5) is 24.5. The largest absolute Gasteiger partial charge is 0.459 e. The molecule has 4 N–H and O–H groups in total. The zero-order valence-electron chi connectivity index (χ0n) is 19.0. The van der Waals surface area contributed by atoms with Crippen molar-refractivity contribution in [1.29, 1.82) is 5.41 Å². The molecule has 0 radical (unpaired) electrons. The van der Waals surface area contributed by atoms with Gasteiger partial charge in [0.05, 0.1) is 17.6 Å². The fourth-order valence-corrected chi connectivity index (χ4v) is 3.85. The van der Waals surface area contributed by atoms with E-state index in [0.29, 0.717) is 23.8 Å². The van der Waals surface area contributed by atoms with Crippen LogP contribution in [0.15, 0.2) is 48.5 Å². The van der Waals surface area contributed by atoms with Crippen LogP contribution in [-0.2, 0) is 9.53 Å². The molecule has 0 aromatic heterocycles. The highest BCUT2D eigenvalue weighted by molar-refractivity contribution is 5.90. The maximum absolute atomic E-state index is 12.5. The van der Waals surface area contributed by atoms with Crippen molar-refractivity contribution in [3.8, 4) is 16.9 Å². The van der Waals surface area contributed by atoms with E-state index in [1.807, 2.05) is 38.1 Å². The maximum Gasteiger partial charge on any atom is 0.338 e. The molecule has 178 valence electrons. The Hall–Kier alpha value is -3.06. The van der Waals surface area contributed by atoms with Gasteiger partial charge in [-0.2, -0.15) is 0 Å². The molecule has 8 heteroatoms. The second kappa shape index (κ2) is 12.3.